The Morgan fingerprint density at radius 1 is 1.14 bits per heavy atom. The van der Waals surface area contributed by atoms with Crippen molar-refractivity contribution in [3.8, 4) is 11.5 Å². The molecule has 0 heterocycles. The van der Waals surface area contributed by atoms with Crippen LogP contribution >= 0.6 is 39.1 Å². The molecule has 0 amide bonds. The van der Waals surface area contributed by atoms with Crippen LogP contribution in [0.25, 0.3) is 0 Å². The highest BCUT2D eigenvalue weighted by molar-refractivity contribution is 9.10. The molecule has 0 saturated heterocycles. The zero-order chi connectivity index (χ0) is 15.4. The topological polar surface area (TPSA) is 18.5 Å². The van der Waals surface area contributed by atoms with Crippen LogP contribution < -0.4 is 9.47 Å². The molecule has 0 spiro atoms. The molecule has 0 fully saturated rings. The van der Waals surface area contributed by atoms with Crippen LogP contribution in [0.4, 0.5) is 0 Å². The monoisotopic (exact) mass is 388 g/mol. The summed E-state index contributed by atoms with van der Waals surface area (Å²) < 4.78 is 11.6. The van der Waals surface area contributed by atoms with Gasteiger partial charge in [-0.2, -0.15) is 0 Å². The van der Waals surface area contributed by atoms with E-state index in [1.807, 2.05) is 30.3 Å². The van der Waals surface area contributed by atoms with E-state index in [-0.39, 0.29) is 5.38 Å². The van der Waals surface area contributed by atoms with E-state index < -0.39 is 0 Å². The molecule has 21 heavy (non-hydrogen) atoms. The summed E-state index contributed by atoms with van der Waals surface area (Å²) in [6, 6.07) is 11.7. The zero-order valence-corrected chi connectivity index (χ0v) is 14.8. The second-order valence-electron chi connectivity index (χ2n) is 4.51. The van der Waals surface area contributed by atoms with Gasteiger partial charge in [-0.05, 0) is 30.2 Å². The predicted molar refractivity (Wildman–Crippen MR) is 91.0 cm³/mol. The standard InChI is InChI=1S/C16H15BrCl2O2/c1-20-14-7-6-12(16(21-2)15(14)19)13(18)9-10-4-3-5-11(17)8-10/h3-8,13H,9H2,1-2H3. The Labute approximate surface area is 143 Å². The Kier molecular flexibility index (Phi) is 5.80. The number of halogens is 3. The normalized spacial score (nSPS) is 12.0. The average Bonchev–Trinajstić information content (AvgIpc) is 2.46. The fourth-order valence-corrected chi connectivity index (χ4v) is 3.27. The molecule has 1 unspecified atom stereocenters. The molecule has 1 atom stereocenters. The molecule has 5 heteroatoms. The largest absolute Gasteiger partial charge is 0.495 e. The van der Waals surface area contributed by atoms with Crippen molar-refractivity contribution in [2.45, 2.75) is 11.8 Å². The number of hydrogen-bond donors (Lipinski definition) is 0. The van der Waals surface area contributed by atoms with Gasteiger partial charge in [0.15, 0.2) is 0 Å². The quantitative estimate of drug-likeness (QED) is 0.615. The van der Waals surface area contributed by atoms with Gasteiger partial charge in [0.1, 0.15) is 16.5 Å². The second kappa shape index (κ2) is 7.39. The van der Waals surface area contributed by atoms with Crippen LogP contribution in [-0.2, 0) is 6.42 Å². The fourth-order valence-electron chi connectivity index (χ4n) is 2.15. The summed E-state index contributed by atoms with van der Waals surface area (Å²) in [5.74, 6) is 1.13. The number of ether oxygens (including phenoxy) is 2. The van der Waals surface area contributed by atoms with E-state index in [2.05, 4.69) is 15.9 Å². The second-order valence-corrected chi connectivity index (χ2v) is 6.33. The number of alkyl halides is 1. The summed E-state index contributed by atoms with van der Waals surface area (Å²) in [6.07, 6.45) is 0.681. The van der Waals surface area contributed by atoms with Gasteiger partial charge in [0.05, 0.1) is 19.6 Å². The van der Waals surface area contributed by atoms with Crippen molar-refractivity contribution < 1.29 is 9.47 Å². The molecule has 0 aliphatic heterocycles. The lowest BCUT2D eigenvalue weighted by Gasteiger charge is -2.17. The molecule has 112 valence electrons. The van der Waals surface area contributed by atoms with Crippen molar-refractivity contribution in [1.82, 2.24) is 0 Å². The van der Waals surface area contributed by atoms with E-state index in [0.717, 1.165) is 15.6 Å². The average molecular weight is 390 g/mol. The van der Waals surface area contributed by atoms with Crippen molar-refractivity contribution in [2.24, 2.45) is 0 Å². The number of rotatable bonds is 5. The van der Waals surface area contributed by atoms with Gasteiger partial charge in [0.2, 0.25) is 0 Å². The molecule has 2 rings (SSSR count). The first kappa shape index (κ1) is 16.5. The smallest absolute Gasteiger partial charge is 0.145 e. The minimum absolute atomic E-state index is 0.238. The van der Waals surface area contributed by atoms with Crippen LogP contribution in [-0.4, -0.2) is 14.2 Å². The first-order valence-corrected chi connectivity index (χ1v) is 7.96. The van der Waals surface area contributed by atoms with Crippen LogP contribution in [0.5, 0.6) is 11.5 Å². The maximum atomic E-state index is 6.55. The number of hydrogen-bond acceptors (Lipinski definition) is 2. The van der Waals surface area contributed by atoms with Gasteiger partial charge in [-0.25, -0.2) is 0 Å². The SMILES string of the molecule is COc1ccc(C(Cl)Cc2cccc(Br)c2)c(OC)c1Cl. The molecule has 0 aromatic heterocycles. The minimum Gasteiger partial charge on any atom is -0.495 e. The fraction of sp³-hybridized carbons (Fsp3) is 0.250. The summed E-state index contributed by atoms with van der Waals surface area (Å²) in [5, 5.41) is 0.204. The van der Waals surface area contributed by atoms with Crippen LogP contribution in [0.2, 0.25) is 5.02 Å². The summed E-state index contributed by atoms with van der Waals surface area (Å²) in [4.78, 5) is 0. The molecule has 0 N–H and O–H groups in total. The Morgan fingerprint density at radius 3 is 2.52 bits per heavy atom. The minimum atomic E-state index is -0.238. The van der Waals surface area contributed by atoms with Crippen LogP contribution in [0.3, 0.4) is 0 Å². The Morgan fingerprint density at radius 2 is 1.90 bits per heavy atom. The van der Waals surface area contributed by atoms with Crippen molar-refractivity contribution in [2.75, 3.05) is 14.2 Å². The molecular weight excluding hydrogens is 375 g/mol. The highest BCUT2D eigenvalue weighted by Gasteiger charge is 2.19. The third-order valence-corrected chi connectivity index (χ3v) is 4.40. The van der Waals surface area contributed by atoms with Crippen LogP contribution in [0, 0.1) is 0 Å². The number of methoxy groups -OCH3 is 2. The van der Waals surface area contributed by atoms with Crippen molar-refractivity contribution in [3.05, 3.63) is 57.0 Å². The molecule has 2 aromatic carbocycles. The van der Waals surface area contributed by atoms with E-state index in [1.54, 1.807) is 20.3 Å². The zero-order valence-electron chi connectivity index (χ0n) is 11.7. The van der Waals surface area contributed by atoms with E-state index in [0.29, 0.717) is 22.9 Å². The maximum absolute atomic E-state index is 6.55. The molecule has 0 aliphatic carbocycles. The molecule has 2 aromatic rings. The molecular formula is C16H15BrCl2O2. The Hall–Kier alpha value is -0.900. The lowest BCUT2D eigenvalue weighted by molar-refractivity contribution is 0.391. The first-order valence-electron chi connectivity index (χ1n) is 6.35. The van der Waals surface area contributed by atoms with E-state index in [9.17, 15) is 0 Å². The summed E-state index contributed by atoms with van der Waals surface area (Å²) in [6.45, 7) is 0. The van der Waals surface area contributed by atoms with Crippen molar-refractivity contribution in [1.29, 1.82) is 0 Å². The van der Waals surface area contributed by atoms with Crippen LogP contribution in [0.15, 0.2) is 40.9 Å². The molecule has 0 saturated carbocycles. The third-order valence-electron chi connectivity index (χ3n) is 3.16. The van der Waals surface area contributed by atoms with Crippen LogP contribution in [0.1, 0.15) is 16.5 Å². The lowest BCUT2D eigenvalue weighted by atomic mass is 10.0. The van der Waals surface area contributed by atoms with Gasteiger partial charge in [-0.1, -0.05) is 45.7 Å². The van der Waals surface area contributed by atoms with Crippen molar-refractivity contribution in [3.63, 3.8) is 0 Å². The Bertz CT molecular complexity index is 632. The summed E-state index contributed by atoms with van der Waals surface area (Å²) in [7, 11) is 3.15. The predicted octanol–water partition coefficient (Wildman–Crippen LogP) is 5.64. The van der Waals surface area contributed by atoms with E-state index in [1.165, 1.54) is 0 Å². The summed E-state index contributed by atoms with van der Waals surface area (Å²) >= 11 is 16.3. The third kappa shape index (κ3) is 3.85. The number of benzene rings is 2. The van der Waals surface area contributed by atoms with E-state index >= 15 is 0 Å². The van der Waals surface area contributed by atoms with Gasteiger partial charge < -0.3 is 9.47 Å². The van der Waals surface area contributed by atoms with Gasteiger partial charge in [0, 0.05) is 10.0 Å². The van der Waals surface area contributed by atoms with Gasteiger partial charge in [-0.3, -0.25) is 0 Å². The maximum Gasteiger partial charge on any atom is 0.145 e. The van der Waals surface area contributed by atoms with E-state index in [4.69, 9.17) is 32.7 Å². The molecule has 0 radical (unpaired) electrons. The lowest BCUT2D eigenvalue weighted by Crippen LogP contribution is -2.01. The highest BCUT2D eigenvalue weighted by Crippen LogP contribution is 2.42. The molecule has 0 aliphatic rings. The van der Waals surface area contributed by atoms with Gasteiger partial charge >= 0.3 is 0 Å². The van der Waals surface area contributed by atoms with Crippen molar-refractivity contribution >= 4 is 39.1 Å². The molecule has 0 bridgehead atoms. The first-order chi connectivity index (χ1) is 10.1. The molecule has 2 nitrogen and oxygen atoms in total. The highest BCUT2D eigenvalue weighted by atomic mass is 79.9. The Balaban J connectivity index is 2.30. The van der Waals surface area contributed by atoms with Gasteiger partial charge in [0.25, 0.3) is 0 Å². The van der Waals surface area contributed by atoms with Gasteiger partial charge in [-0.15, -0.1) is 11.6 Å². The summed E-state index contributed by atoms with van der Waals surface area (Å²) in [5.41, 5.74) is 1.99.